The van der Waals surface area contributed by atoms with E-state index in [0.717, 1.165) is 28.6 Å². The Bertz CT molecular complexity index is 919. The Hall–Kier alpha value is -3.35. The minimum atomic E-state index is -3.02. The second-order valence-electron chi connectivity index (χ2n) is 6.97. The lowest BCUT2D eigenvalue weighted by Gasteiger charge is -2.11. The summed E-state index contributed by atoms with van der Waals surface area (Å²) in [5, 5.41) is 0. The summed E-state index contributed by atoms with van der Waals surface area (Å²) in [6.45, 7) is 0. The van der Waals surface area contributed by atoms with Gasteiger partial charge in [0, 0.05) is 45.6 Å². The molecule has 0 aliphatic carbocycles. The number of allylic oxidation sites excluding steroid dienone is 3. The van der Waals surface area contributed by atoms with Gasteiger partial charge in [-0.15, -0.1) is 0 Å². The zero-order valence-electron chi connectivity index (χ0n) is 17.5. The molecule has 0 unspecified atom stereocenters. The number of nitrogens with zero attached hydrogens (tertiary/aromatic N) is 2. The van der Waals surface area contributed by atoms with Crippen LogP contribution in [0.2, 0.25) is 0 Å². The van der Waals surface area contributed by atoms with E-state index in [9.17, 15) is 13.4 Å². The maximum atomic E-state index is 12.7. The number of halogens is 2. The van der Waals surface area contributed by atoms with Crippen molar-refractivity contribution < 1.29 is 18.1 Å². The smallest absolute Gasteiger partial charge is 0.505 e. The Kier molecular flexibility index (Phi) is 8.41. The number of carbonyl (C=O) groups is 1. The molecule has 0 aliphatic heterocycles. The number of ketones is 1. The molecule has 0 aromatic heterocycles. The Morgan fingerprint density at radius 2 is 1.23 bits per heavy atom. The van der Waals surface area contributed by atoms with Crippen molar-refractivity contribution in [1.29, 1.82) is 0 Å². The molecule has 0 atom stereocenters. The summed E-state index contributed by atoms with van der Waals surface area (Å²) in [5.74, 6) is -0.658. The molecule has 0 N–H and O–H groups in total. The fourth-order valence-electron chi connectivity index (χ4n) is 2.54. The van der Waals surface area contributed by atoms with Crippen molar-refractivity contribution in [2.45, 2.75) is 0 Å². The van der Waals surface area contributed by atoms with E-state index in [0.29, 0.717) is 0 Å². The standard InChI is InChI=1S/C23H25BF2N2O2/c1-27(2)20-11-5-18(6-12-20)9-15-22(29)17-23(30-24(25)26)16-10-19-7-13-21(14-8-19)28(3)4/h5-17H,1-4H3/b15-9+,16-10+,23-17-. The summed E-state index contributed by atoms with van der Waals surface area (Å²) in [6, 6.07) is 15.1. The van der Waals surface area contributed by atoms with E-state index in [1.165, 1.54) is 12.2 Å². The van der Waals surface area contributed by atoms with E-state index in [1.807, 2.05) is 86.5 Å². The van der Waals surface area contributed by atoms with Gasteiger partial charge in [-0.3, -0.25) is 4.79 Å². The molecular formula is C23H25BF2N2O2. The summed E-state index contributed by atoms with van der Waals surface area (Å²) < 4.78 is 29.9. The molecule has 2 aromatic carbocycles. The second-order valence-corrected chi connectivity index (χ2v) is 6.97. The van der Waals surface area contributed by atoms with Gasteiger partial charge in [0.1, 0.15) is 5.76 Å². The number of benzene rings is 2. The minimum Gasteiger partial charge on any atom is -0.505 e. The van der Waals surface area contributed by atoms with Gasteiger partial charge in [-0.25, -0.2) is 8.63 Å². The lowest BCUT2D eigenvalue weighted by molar-refractivity contribution is -0.110. The van der Waals surface area contributed by atoms with Crippen LogP contribution in [0.4, 0.5) is 20.0 Å². The Labute approximate surface area is 177 Å². The molecule has 0 saturated heterocycles. The van der Waals surface area contributed by atoms with Crippen molar-refractivity contribution in [3.63, 3.8) is 0 Å². The highest BCUT2D eigenvalue weighted by Gasteiger charge is 2.18. The van der Waals surface area contributed by atoms with Crippen LogP contribution in [-0.4, -0.2) is 41.4 Å². The summed E-state index contributed by atoms with van der Waals surface area (Å²) in [7, 11) is 4.71. The van der Waals surface area contributed by atoms with Crippen LogP contribution < -0.4 is 9.80 Å². The van der Waals surface area contributed by atoms with Gasteiger partial charge in [-0.05, 0) is 47.5 Å². The van der Waals surface area contributed by atoms with Gasteiger partial charge in [0.25, 0.3) is 0 Å². The molecule has 0 heterocycles. The molecule has 0 amide bonds. The highest BCUT2D eigenvalue weighted by molar-refractivity contribution is 6.35. The van der Waals surface area contributed by atoms with E-state index >= 15 is 0 Å². The number of carbonyl (C=O) groups excluding carboxylic acids is 1. The molecule has 0 bridgehead atoms. The Morgan fingerprint density at radius 3 is 1.63 bits per heavy atom. The maximum Gasteiger partial charge on any atom is 0.796 e. The van der Waals surface area contributed by atoms with Crippen molar-refractivity contribution >= 4 is 36.8 Å². The molecule has 30 heavy (non-hydrogen) atoms. The number of hydrogen-bond acceptors (Lipinski definition) is 4. The Morgan fingerprint density at radius 1 is 0.800 bits per heavy atom. The van der Waals surface area contributed by atoms with Gasteiger partial charge in [0.05, 0.1) is 0 Å². The summed E-state index contributed by atoms with van der Waals surface area (Å²) >= 11 is 0. The van der Waals surface area contributed by atoms with E-state index < -0.39 is 13.3 Å². The van der Waals surface area contributed by atoms with E-state index in [1.54, 1.807) is 12.2 Å². The molecule has 0 radical (unpaired) electrons. The first kappa shape index (κ1) is 22.9. The highest BCUT2D eigenvalue weighted by atomic mass is 19.2. The van der Waals surface area contributed by atoms with Crippen molar-refractivity contribution in [2.24, 2.45) is 0 Å². The molecule has 4 nitrogen and oxygen atoms in total. The predicted molar refractivity (Wildman–Crippen MR) is 122 cm³/mol. The van der Waals surface area contributed by atoms with Crippen molar-refractivity contribution in [3.8, 4) is 0 Å². The summed E-state index contributed by atoms with van der Waals surface area (Å²) in [6.07, 6.45) is 6.96. The van der Waals surface area contributed by atoms with Gasteiger partial charge in [0.2, 0.25) is 0 Å². The van der Waals surface area contributed by atoms with E-state index in [-0.39, 0.29) is 5.76 Å². The molecule has 156 valence electrons. The van der Waals surface area contributed by atoms with Crippen LogP contribution in [-0.2, 0) is 9.45 Å². The first-order valence-corrected chi connectivity index (χ1v) is 9.36. The van der Waals surface area contributed by atoms with Crippen LogP contribution >= 0.6 is 0 Å². The first-order chi connectivity index (χ1) is 14.2. The fourth-order valence-corrected chi connectivity index (χ4v) is 2.54. The predicted octanol–water partition coefficient (Wildman–Crippen LogP) is 4.94. The molecule has 0 saturated carbocycles. The van der Waals surface area contributed by atoms with Crippen LogP contribution in [0.15, 0.2) is 72.5 Å². The summed E-state index contributed by atoms with van der Waals surface area (Å²) in [4.78, 5) is 16.1. The van der Waals surface area contributed by atoms with E-state index in [4.69, 9.17) is 0 Å². The highest BCUT2D eigenvalue weighted by Crippen LogP contribution is 2.16. The lowest BCUT2D eigenvalue weighted by Crippen LogP contribution is -2.07. The van der Waals surface area contributed by atoms with Gasteiger partial charge in [-0.2, -0.15) is 0 Å². The number of anilines is 2. The molecule has 0 fully saturated rings. The number of rotatable bonds is 9. The minimum absolute atomic E-state index is 0.209. The zero-order chi connectivity index (χ0) is 22.1. The maximum absolute atomic E-state index is 12.7. The van der Waals surface area contributed by atoms with Crippen LogP contribution in [0.3, 0.4) is 0 Å². The quantitative estimate of drug-likeness (QED) is 0.254. The van der Waals surface area contributed by atoms with E-state index in [2.05, 4.69) is 4.65 Å². The molecule has 2 aromatic rings. The van der Waals surface area contributed by atoms with Gasteiger partial charge in [0.15, 0.2) is 5.78 Å². The third kappa shape index (κ3) is 7.58. The summed E-state index contributed by atoms with van der Waals surface area (Å²) in [5.41, 5.74) is 3.68. The normalized spacial score (nSPS) is 11.7. The van der Waals surface area contributed by atoms with Gasteiger partial charge >= 0.3 is 7.47 Å². The average Bonchev–Trinajstić information content (AvgIpc) is 2.70. The first-order valence-electron chi connectivity index (χ1n) is 9.36. The van der Waals surface area contributed by atoms with Gasteiger partial charge < -0.3 is 14.5 Å². The van der Waals surface area contributed by atoms with Crippen molar-refractivity contribution in [2.75, 3.05) is 38.0 Å². The fraction of sp³-hybridized carbons (Fsp3) is 0.174. The second kappa shape index (κ2) is 11.0. The molecule has 0 spiro atoms. The zero-order valence-corrected chi connectivity index (χ0v) is 17.5. The third-order valence-electron chi connectivity index (χ3n) is 4.21. The SMILES string of the molecule is CN(C)c1ccc(/C=C/C(=O)/C=C(/C=C/c2ccc(N(C)C)cc2)OB(F)F)cc1. The average molecular weight is 410 g/mol. The van der Waals surface area contributed by atoms with Crippen LogP contribution in [0.25, 0.3) is 12.2 Å². The molecule has 0 aliphatic rings. The topological polar surface area (TPSA) is 32.8 Å². The molecular weight excluding hydrogens is 385 g/mol. The molecule has 2 rings (SSSR count). The largest absolute Gasteiger partial charge is 0.796 e. The third-order valence-corrected chi connectivity index (χ3v) is 4.21. The van der Waals surface area contributed by atoms with Crippen LogP contribution in [0, 0.1) is 0 Å². The number of hydrogen-bond donors (Lipinski definition) is 0. The van der Waals surface area contributed by atoms with Crippen molar-refractivity contribution in [3.05, 3.63) is 83.6 Å². The van der Waals surface area contributed by atoms with Gasteiger partial charge in [-0.1, -0.05) is 36.4 Å². The monoisotopic (exact) mass is 410 g/mol. The lowest BCUT2D eigenvalue weighted by atomic mass is 10.1. The Balaban J connectivity index is 2.11. The molecule has 7 heteroatoms. The van der Waals surface area contributed by atoms with Crippen molar-refractivity contribution in [1.82, 2.24) is 0 Å². The van der Waals surface area contributed by atoms with Crippen LogP contribution in [0.5, 0.6) is 0 Å². The van der Waals surface area contributed by atoms with Crippen LogP contribution in [0.1, 0.15) is 11.1 Å².